The maximum absolute atomic E-state index is 12.5. The monoisotopic (exact) mass is 348 g/mol. The lowest BCUT2D eigenvalue weighted by Gasteiger charge is -2.34. The van der Waals surface area contributed by atoms with E-state index in [1.807, 2.05) is 32.0 Å². The molecular weight excluding hydrogens is 324 g/mol. The van der Waals surface area contributed by atoms with Crippen LogP contribution in [0.5, 0.6) is 0 Å². The quantitative estimate of drug-likeness (QED) is 0.925. The van der Waals surface area contributed by atoms with Crippen LogP contribution in [-0.2, 0) is 13.5 Å². The van der Waals surface area contributed by atoms with E-state index in [2.05, 4.69) is 27.2 Å². The zero-order valence-corrected chi connectivity index (χ0v) is 15.5. The fourth-order valence-electron chi connectivity index (χ4n) is 2.79. The molecule has 8 heteroatoms. The van der Waals surface area contributed by atoms with Gasteiger partial charge in [0.1, 0.15) is 0 Å². The number of urea groups is 1. The molecule has 2 aromatic heterocycles. The van der Waals surface area contributed by atoms with Crippen LogP contribution in [-0.4, -0.2) is 51.9 Å². The number of anilines is 2. The van der Waals surface area contributed by atoms with E-state index >= 15 is 0 Å². The molecular formula is C16H24N6OS. The Morgan fingerprint density at radius 3 is 2.58 bits per heavy atom. The number of hydrogen-bond acceptors (Lipinski definition) is 5. The number of hydrogen-bond donors (Lipinski definition) is 1. The van der Waals surface area contributed by atoms with Crippen molar-refractivity contribution in [3.05, 3.63) is 22.5 Å². The summed E-state index contributed by atoms with van der Waals surface area (Å²) in [7, 11) is 1.87. The van der Waals surface area contributed by atoms with Crippen molar-refractivity contribution < 1.29 is 4.79 Å². The Morgan fingerprint density at radius 1 is 1.29 bits per heavy atom. The standard InChI is InChI=1S/C16H24N6OS/c1-5-13-14(10-20(4)19-13)18-15(23)21-6-8-22(9-7-21)16-17-11(2)12(3)24-16/h10H,5-9H2,1-4H3,(H,18,23). The second-order valence-electron chi connectivity index (χ2n) is 6.06. The molecule has 3 rings (SSSR count). The minimum atomic E-state index is -0.0520. The Balaban J connectivity index is 1.58. The van der Waals surface area contributed by atoms with Gasteiger partial charge in [-0.1, -0.05) is 6.92 Å². The molecule has 130 valence electrons. The third-order valence-electron chi connectivity index (χ3n) is 4.34. The summed E-state index contributed by atoms with van der Waals surface area (Å²) >= 11 is 1.73. The van der Waals surface area contributed by atoms with E-state index in [-0.39, 0.29) is 6.03 Å². The number of aromatic nitrogens is 3. The minimum Gasteiger partial charge on any atom is -0.345 e. The highest BCUT2D eigenvalue weighted by Gasteiger charge is 2.24. The molecule has 2 amide bonds. The van der Waals surface area contributed by atoms with Crippen LogP contribution in [0.3, 0.4) is 0 Å². The van der Waals surface area contributed by atoms with Crippen molar-refractivity contribution in [3.63, 3.8) is 0 Å². The van der Waals surface area contributed by atoms with Crippen molar-refractivity contribution in [2.75, 3.05) is 36.4 Å². The van der Waals surface area contributed by atoms with Crippen LogP contribution in [0.25, 0.3) is 0 Å². The van der Waals surface area contributed by atoms with Gasteiger partial charge < -0.3 is 15.1 Å². The van der Waals surface area contributed by atoms with E-state index in [1.54, 1.807) is 16.0 Å². The SMILES string of the molecule is CCc1nn(C)cc1NC(=O)N1CCN(c2nc(C)c(C)s2)CC1. The lowest BCUT2D eigenvalue weighted by molar-refractivity contribution is 0.208. The van der Waals surface area contributed by atoms with Gasteiger partial charge in [0.2, 0.25) is 0 Å². The second-order valence-corrected chi connectivity index (χ2v) is 7.24. The van der Waals surface area contributed by atoms with Crippen LogP contribution in [0.15, 0.2) is 6.20 Å². The third-order valence-corrected chi connectivity index (χ3v) is 5.47. The van der Waals surface area contributed by atoms with E-state index in [4.69, 9.17) is 0 Å². The average molecular weight is 348 g/mol. The number of amides is 2. The van der Waals surface area contributed by atoms with Gasteiger partial charge in [-0.05, 0) is 20.3 Å². The first-order chi connectivity index (χ1) is 11.5. The molecule has 0 aliphatic carbocycles. The molecule has 0 atom stereocenters. The Morgan fingerprint density at radius 2 is 2.00 bits per heavy atom. The summed E-state index contributed by atoms with van der Waals surface area (Å²) in [6.07, 6.45) is 2.65. The minimum absolute atomic E-state index is 0.0520. The van der Waals surface area contributed by atoms with E-state index in [0.717, 1.165) is 41.7 Å². The van der Waals surface area contributed by atoms with Gasteiger partial charge in [-0.25, -0.2) is 9.78 Å². The summed E-state index contributed by atoms with van der Waals surface area (Å²) < 4.78 is 1.74. The summed E-state index contributed by atoms with van der Waals surface area (Å²) in [6.45, 7) is 9.20. The molecule has 2 aromatic rings. The van der Waals surface area contributed by atoms with Crippen molar-refractivity contribution >= 4 is 28.2 Å². The molecule has 0 unspecified atom stereocenters. The summed E-state index contributed by atoms with van der Waals surface area (Å²) in [5.41, 5.74) is 2.82. The lowest BCUT2D eigenvalue weighted by atomic mass is 10.3. The molecule has 24 heavy (non-hydrogen) atoms. The van der Waals surface area contributed by atoms with Gasteiger partial charge >= 0.3 is 6.03 Å². The molecule has 1 fully saturated rings. The van der Waals surface area contributed by atoms with Crippen molar-refractivity contribution in [1.29, 1.82) is 0 Å². The van der Waals surface area contributed by atoms with Crippen LogP contribution in [0.4, 0.5) is 15.6 Å². The fraction of sp³-hybridized carbons (Fsp3) is 0.562. The van der Waals surface area contributed by atoms with Crippen molar-refractivity contribution in [1.82, 2.24) is 19.7 Å². The molecule has 0 spiro atoms. The predicted molar refractivity (Wildman–Crippen MR) is 97.0 cm³/mol. The first-order valence-electron chi connectivity index (χ1n) is 8.25. The summed E-state index contributed by atoms with van der Waals surface area (Å²) in [4.78, 5) is 22.5. The van der Waals surface area contributed by atoms with Gasteiger partial charge in [-0.2, -0.15) is 5.10 Å². The molecule has 1 saturated heterocycles. The molecule has 3 heterocycles. The number of aryl methyl sites for hydroxylation is 4. The molecule has 1 aliphatic heterocycles. The molecule has 0 saturated carbocycles. The first-order valence-corrected chi connectivity index (χ1v) is 9.07. The Hall–Kier alpha value is -2.09. The smallest absolute Gasteiger partial charge is 0.322 e. The van der Waals surface area contributed by atoms with E-state index in [1.165, 1.54) is 4.88 Å². The second kappa shape index (κ2) is 6.80. The maximum Gasteiger partial charge on any atom is 0.322 e. The highest BCUT2D eigenvalue weighted by molar-refractivity contribution is 7.15. The van der Waals surface area contributed by atoms with E-state index in [9.17, 15) is 4.79 Å². The molecule has 0 bridgehead atoms. The van der Waals surface area contributed by atoms with Crippen LogP contribution < -0.4 is 10.2 Å². The summed E-state index contributed by atoms with van der Waals surface area (Å²) in [6, 6.07) is -0.0520. The predicted octanol–water partition coefficient (Wildman–Crippen LogP) is 2.41. The lowest BCUT2D eigenvalue weighted by Crippen LogP contribution is -2.50. The molecule has 0 radical (unpaired) electrons. The van der Waals surface area contributed by atoms with Gasteiger partial charge in [-0.15, -0.1) is 11.3 Å². The highest BCUT2D eigenvalue weighted by atomic mass is 32.1. The summed E-state index contributed by atoms with van der Waals surface area (Å²) in [5.74, 6) is 0. The Kier molecular flexibility index (Phi) is 4.75. The van der Waals surface area contributed by atoms with Crippen molar-refractivity contribution in [2.45, 2.75) is 27.2 Å². The van der Waals surface area contributed by atoms with Gasteiger partial charge in [0.15, 0.2) is 5.13 Å². The largest absolute Gasteiger partial charge is 0.345 e. The maximum atomic E-state index is 12.5. The zero-order valence-electron chi connectivity index (χ0n) is 14.7. The average Bonchev–Trinajstić information content (AvgIpc) is 3.09. The first kappa shape index (κ1) is 16.8. The molecule has 7 nitrogen and oxygen atoms in total. The molecule has 0 aromatic carbocycles. The van der Waals surface area contributed by atoms with Crippen molar-refractivity contribution in [2.24, 2.45) is 7.05 Å². The topological polar surface area (TPSA) is 66.3 Å². The number of nitrogens with one attached hydrogen (secondary N) is 1. The van der Waals surface area contributed by atoms with Crippen LogP contribution in [0.2, 0.25) is 0 Å². The number of rotatable bonds is 3. The van der Waals surface area contributed by atoms with Crippen LogP contribution >= 0.6 is 11.3 Å². The number of carbonyl (C=O) groups is 1. The van der Waals surface area contributed by atoms with Crippen molar-refractivity contribution in [3.8, 4) is 0 Å². The number of piperazine rings is 1. The van der Waals surface area contributed by atoms with Gasteiger partial charge in [-0.3, -0.25) is 4.68 Å². The number of thiazole rings is 1. The normalized spacial score (nSPS) is 15.0. The molecule has 1 N–H and O–H groups in total. The fourth-order valence-corrected chi connectivity index (χ4v) is 3.75. The van der Waals surface area contributed by atoms with Crippen LogP contribution in [0.1, 0.15) is 23.2 Å². The third kappa shape index (κ3) is 3.38. The molecule has 1 aliphatic rings. The zero-order chi connectivity index (χ0) is 17.3. The Bertz CT molecular complexity index is 710. The Labute approximate surface area is 146 Å². The summed E-state index contributed by atoms with van der Waals surface area (Å²) in [5, 5.41) is 8.41. The highest BCUT2D eigenvalue weighted by Crippen LogP contribution is 2.26. The number of nitrogens with zero attached hydrogens (tertiary/aromatic N) is 5. The van der Waals surface area contributed by atoms with Gasteiger partial charge in [0.25, 0.3) is 0 Å². The van der Waals surface area contributed by atoms with E-state index < -0.39 is 0 Å². The van der Waals surface area contributed by atoms with Crippen LogP contribution in [0, 0.1) is 13.8 Å². The van der Waals surface area contributed by atoms with Gasteiger partial charge in [0.05, 0.1) is 17.1 Å². The van der Waals surface area contributed by atoms with Gasteiger partial charge in [0, 0.05) is 44.3 Å². The van der Waals surface area contributed by atoms with E-state index in [0.29, 0.717) is 13.1 Å². The number of carbonyl (C=O) groups excluding carboxylic acids is 1.